The van der Waals surface area contributed by atoms with Crippen LogP contribution in [0, 0.1) is 0 Å². The third-order valence-electron chi connectivity index (χ3n) is 6.44. The van der Waals surface area contributed by atoms with Crippen molar-refractivity contribution in [2.75, 3.05) is 11.9 Å². The molecule has 0 bridgehead atoms. The number of rotatable bonds is 4. The molecule has 1 saturated heterocycles. The van der Waals surface area contributed by atoms with Crippen LogP contribution in [0.15, 0.2) is 18.2 Å². The number of hydrogen-bond acceptors (Lipinski definition) is 4. The maximum atomic E-state index is 13.1. The Morgan fingerprint density at radius 2 is 1.36 bits per heavy atom. The first kappa shape index (κ1) is 30.4. The number of hydrogen-bond donors (Lipinski definition) is 3. The molecule has 3 rings (SSSR count). The van der Waals surface area contributed by atoms with E-state index in [1.165, 1.54) is 4.90 Å². The SMILES string of the molecule is CC(C)(C)OC(=O)N1CCC[C@H]1C(=O)N[C@@H]1CCCC[C@H]1NC(=O)Nc1cc(C(F)(F)F)cc(C(F)(F)F)c1. The summed E-state index contributed by atoms with van der Waals surface area (Å²) in [6, 6.07) is -2.15. The van der Waals surface area contributed by atoms with E-state index in [1.54, 1.807) is 20.8 Å². The molecular formula is C25H32F6N4O4. The molecule has 2 fully saturated rings. The van der Waals surface area contributed by atoms with Crippen molar-refractivity contribution in [2.24, 2.45) is 0 Å². The number of urea groups is 1. The van der Waals surface area contributed by atoms with Gasteiger partial charge in [-0.1, -0.05) is 12.8 Å². The minimum atomic E-state index is -5.06. The second-order valence-electron chi connectivity index (χ2n) is 10.7. The summed E-state index contributed by atoms with van der Waals surface area (Å²) in [4.78, 5) is 39.6. The van der Waals surface area contributed by atoms with E-state index < -0.39 is 70.9 Å². The predicted octanol–water partition coefficient (Wildman–Crippen LogP) is 5.67. The van der Waals surface area contributed by atoms with Crippen LogP contribution in [-0.4, -0.2) is 53.2 Å². The number of ether oxygens (including phenoxy) is 1. The first-order valence-electron chi connectivity index (χ1n) is 12.6. The number of alkyl halides is 6. The van der Waals surface area contributed by atoms with Crippen LogP contribution >= 0.6 is 0 Å². The Hall–Kier alpha value is -3.19. The van der Waals surface area contributed by atoms with E-state index >= 15 is 0 Å². The molecule has 218 valence electrons. The first-order valence-corrected chi connectivity index (χ1v) is 12.6. The topological polar surface area (TPSA) is 99.8 Å². The average Bonchev–Trinajstić information content (AvgIpc) is 3.28. The summed E-state index contributed by atoms with van der Waals surface area (Å²) in [7, 11) is 0. The van der Waals surface area contributed by atoms with Crippen LogP contribution < -0.4 is 16.0 Å². The first-order chi connectivity index (χ1) is 17.9. The van der Waals surface area contributed by atoms with Crippen LogP contribution in [0.3, 0.4) is 0 Å². The zero-order valence-electron chi connectivity index (χ0n) is 21.8. The molecule has 1 heterocycles. The minimum Gasteiger partial charge on any atom is -0.444 e. The Kier molecular flexibility index (Phi) is 8.95. The molecule has 0 spiro atoms. The number of carbonyl (C=O) groups is 3. The standard InChI is InChI=1S/C25H32F6N4O4/c1-23(2,3)39-22(38)35-10-6-9-19(35)20(36)33-17-7-4-5-8-18(17)34-21(37)32-16-12-14(24(26,27)28)11-15(13-16)25(29,30)31/h11-13,17-19H,4-10H2,1-3H3,(H,33,36)(H2,32,34,37)/t17-,18-,19+/m1/s1. The van der Waals surface area contributed by atoms with Gasteiger partial charge >= 0.3 is 24.5 Å². The molecule has 1 saturated carbocycles. The monoisotopic (exact) mass is 566 g/mol. The third kappa shape index (κ3) is 8.40. The number of halogens is 6. The van der Waals surface area contributed by atoms with Crippen LogP contribution in [0.25, 0.3) is 0 Å². The minimum absolute atomic E-state index is 0.0284. The van der Waals surface area contributed by atoms with E-state index in [-0.39, 0.29) is 6.07 Å². The number of likely N-dealkylation sites (tertiary alicyclic amines) is 1. The fraction of sp³-hybridized carbons (Fsp3) is 0.640. The zero-order valence-corrected chi connectivity index (χ0v) is 21.8. The largest absolute Gasteiger partial charge is 0.444 e. The van der Waals surface area contributed by atoms with Crippen molar-refractivity contribution < 1.29 is 45.5 Å². The Bertz CT molecular complexity index is 1040. The van der Waals surface area contributed by atoms with Gasteiger partial charge in [-0.25, -0.2) is 9.59 Å². The molecule has 3 N–H and O–H groups in total. The molecular weight excluding hydrogens is 534 g/mol. The van der Waals surface area contributed by atoms with Crippen LogP contribution in [0.1, 0.15) is 70.4 Å². The van der Waals surface area contributed by atoms with Gasteiger partial charge in [0.15, 0.2) is 0 Å². The summed E-state index contributed by atoms with van der Waals surface area (Å²) < 4.78 is 84.2. The number of nitrogens with one attached hydrogen (secondary N) is 3. The molecule has 1 aliphatic heterocycles. The van der Waals surface area contributed by atoms with E-state index in [2.05, 4.69) is 16.0 Å². The maximum absolute atomic E-state index is 13.1. The van der Waals surface area contributed by atoms with Crippen molar-refractivity contribution in [1.82, 2.24) is 15.5 Å². The summed E-state index contributed by atoms with van der Waals surface area (Å²) >= 11 is 0. The molecule has 39 heavy (non-hydrogen) atoms. The molecule has 0 unspecified atom stereocenters. The van der Waals surface area contributed by atoms with Crippen LogP contribution in [-0.2, 0) is 21.9 Å². The highest BCUT2D eigenvalue weighted by Gasteiger charge is 2.39. The van der Waals surface area contributed by atoms with Gasteiger partial charge in [0, 0.05) is 18.3 Å². The molecule has 14 heteroatoms. The van der Waals surface area contributed by atoms with E-state index in [9.17, 15) is 40.7 Å². The second kappa shape index (κ2) is 11.5. The lowest BCUT2D eigenvalue weighted by atomic mass is 9.90. The van der Waals surface area contributed by atoms with Crippen molar-refractivity contribution in [3.05, 3.63) is 29.3 Å². The molecule has 0 aromatic heterocycles. The highest BCUT2D eigenvalue weighted by Crippen LogP contribution is 2.37. The number of amides is 4. The van der Waals surface area contributed by atoms with Gasteiger partial charge in [0.05, 0.1) is 17.2 Å². The molecule has 2 aliphatic rings. The van der Waals surface area contributed by atoms with E-state index in [0.717, 1.165) is 6.42 Å². The molecule has 3 atom stereocenters. The number of nitrogens with zero attached hydrogens (tertiary/aromatic N) is 1. The molecule has 1 aliphatic carbocycles. The van der Waals surface area contributed by atoms with E-state index in [1.807, 2.05) is 0 Å². The Balaban J connectivity index is 1.68. The predicted molar refractivity (Wildman–Crippen MR) is 129 cm³/mol. The van der Waals surface area contributed by atoms with Crippen molar-refractivity contribution in [2.45, 2.75) is 95.4 Å². The molecule has 1 aromatic carbocycles. The number of benzene rings is 1. The maximum Gasteiger partial charge on any atom is 0.416 e. The van der Waals surface area contributed by atoms with E-state index in [0.29, 0.717) is 50.8 Å². The molecule has 4 amide bonds. The van der Waals surface area contributed by atoms with Gasteiger partial charge in [-0.3, -0.25) is 9.69 Å². The fourth-order valence-electron chi connectivity index (χ4n) is 4.70. The highest BCUT2D eigenvalue weighted by molar-refractivity contribution is 5.90. The molecule has 0 radical (unpaired) electrons. The van der Waals surface area contributed by atoms with Gasteiger partial charge in [-0.15, -0.1) is 0 Å². The Morgan fingerprint density at radius 3 is 1.87 bits per heavy atom. The summed E-state index contributed by atoms with van der Waals surface area (Å²) in [5, 5.41) is 7.47. The van der Waals surface area contributed by atoms with Gasteiger partial charge in [0.1, 0.15) is 11.6 Å². The third-order valence-corrected chi connectivity index (χ3v) is 6.44. The molecule has 8 nitrogen and oxygen atoms in total. The number of carbonyl (C=O) groups excluding carboxylic acids is 3. The lowest BCUT2D eigenvalue weighted by Crippen LogP contribution is -2.57. The average molecular weight is 567 g/mol. The Labute approximate surface area is 221 Å². The van der Waals surface area contributed by atoms with Crippen molar-refractivity contribution >= 4 is 23.7 Å². The highest BCUT2D eigenvalue weighted by atomic mass is 19.4. The van der Waals surface area contributed by atoms with Crippen molar-refractivity contribution in [3.63, 3.8) is 0 Å². The zero-order chi connectivity index (χ0) is 29.2. The summed E-state index contributed by atoms with van der Waals surface area (Å²) in [6.45, 7) is 5.48. The summed E-state index contributed by atoms with van der Waals surface area (Å²) in [5.41, 5.74) is -4.53. The lowest BCUT2D eigenvalue weighted by Gasteiger charge is -2.34. The second-order valence-corrected chi connectivity index (χ2v) is 10.7. The van der Waals surface area contributed by atoms with Crippen molar-refractivity contribution in [1.29, 1.82) is 0 Å². The number of anilines is 1. The van der Waals surface area contributed by atoms with E-state index in [4.69, 9.17) is 4.74 Å². The van der Waals surface area contributed by atoms with Crippen molar-refractivity contribution in [3.8, 4) is 0 Å². The summed E-state index contributed by atoms with van der Waals surface area (Å²) in [6.07, 6.45) is -7.37. The molecule has 1 aromatic rings. The Morgan fingerprint density at radius 1 is 0.821 bits per heavy atom. The van der Waals surface area contributed by atoms with Crippen LogP contribution in [0.2, 0.25) is 0 Å². The van der Waals surface area contributed by atoms with Gasteiger partial charge in [0.2, 0.25) is 5.91 Å². The van der Waals surface area contributed by atoms with Crippen LogP contribution in [0.4, 0.5) is 41.6 Å². The lowest BCUT2D eigenvalue weighted by molar-refractivity contribution is -0.143. The van der Waals surface area contributed by atoms with Gasteiger partial charge in [0.25, 0.3) is 0 Å². The van der Waals surface area contributed by atoms with Gasteiger partial charge in [-0.2, -0.15) is 26.3 Å². The van der Waals surface area contributed by atoms with Gasteiger partial charge in [-0.05, 0) is 64.7 Å². The smallest absolute Gasteiger partial charge is 0.416 e. The van der Waals surface area contributed by atoms with Crippen LogP contribution in [0.5, 0.6) is 0 Å². The summed E-state index contributed by atoms with van der Waals surface area (Å²) in [5.74, 6) is -0.426. The van der Waals surface area contributed by atoms with Gasteiger partial charge < -0.3 is 20.7 Å². The quantitative estimate of drug-likeness (QED) is 0.409. The fourth-order valence-corrected chi connectivity index (χ4v) is 4.70. The normalized spacial score (nSPS) is 22.3.